The molecule has 8 heteroatoms. The summed E-state index contributed by atoms with van der Waals surface area (Å²) in [5.74, 6) is 0. The average Bonchev–Trinajstić information content (AvgIpc) is 2.42. The molecule has 0 fully saturated rings. The molecule has 114 valence electrons. The van der Waals surface area contributed by atoms with Crippen LogP contribution in [0.3, 0.4) is 0 Å². The van der Waals surface area contributed by atoms with Crippen molar-refractivity contribution in [1.29, 1.82) is 0 Å². The first-order valence-electron chi connectivity index (χ1n) is 6.39. The van der Waals surface area contributed by atoms with Gasteiger partial charge in [0.1, 0.15) is 5.02 Å². The van der Waals surface area contributed by atoms with Crippen LogP contribution in [0.4, 0.5) is 0 Å². The van der Waals surface area contributed by atoms with E-state index in [1.54, 1.807) is 0 Å². The lowest BCUT2D eigenvalue weighted by Crippen LogP contribution is -2.41. The van der Waals surface area contributed by atoms with Crippen LogP contribution >= 0.6 is 11.6 Å². The van der Waals surface area contributed by atoms with Crippen LogP contribution in [0.2, 0.25) is 5.02 Å². The molecule has 1 rings (SSSR count). The minimum atomic E-state index is -3.81. The van der Waals surface area contributed by atoms with Gasteiger partial charge >= 0.3 is 0 Å². The van der Waals surface area contributed by atoms with Crippen molar-refractivity contribution < 1.29 is 13.5 Å². The summed E-state index contributed by atoms with van der Waals surface area (Å²) in [6.07, 6.45) is 2.38. The Balaban J connectivity index is 3.28. The molecule has 0 spiro atoms. The Morgan fingerprint density at radius 3 is 2.45 bits per heavy atom. The first-order chi connectivity index (χ1) is 9.38. The Bertz CT molecular complexity index is 596. The Morgan fingerprint density at radius 1 is 1.40 bits per heavy atom. The highest BCUT2D eigenvalue weighted by atomic mass is 35.5. The number of halogens is 1. The maximum atomic E-state index is 12.6. The number of nitrogens with one attached hydrogen (secondary N) is 1. The molecule has 0 saturated heterocycles. The van der Waals surface area contributed by atoms with Crippen LogP contribution in [-0.4, -0.2) is 42.0 Å². The van der Waals surface area contributed by atoms with E-state index in [0.29, 0.717) is 12.8 Å². The first-order valence-corrected chi connectivity index (χ1v) is 8.21. The summed E-state index contributed by atoms with van der Waals surface area (Å²) >= 11 is 5.67. The van der Waals surface area contributed by atoms with Gasteiger partial charge in [0.25, 0.3) is 5.56 Å². The molecule has 0 atom stereocenters. The number of pyridine rings is 1. The van der Waals surface area contributed by atoms with Crippen LogP contribution < -0.4 is 5.56 Å². The van der Waals surface area contributed by atoms with Crippen molar-refractivity contribution >= 4 is 21.6 Å². The molecule has 6 nitrogen and oxygen atoms in total. The van der Waals surface area contributed by atoms with Crippen LogP contribution in [0, 0.1) is 0 Å². The van der Waals surface area contributed by atoms with Gasteiger partial charge in [-0.1, -0.05) is 25.4 Å². The third kappa shape index (κ3) is 3.60. The van der Waals surface area contributed by atoms with Crippen molar-refractivity contribution in [2.24, 2.45) is 0 Å². The average molecular weight is 323 g/mol. The molecule has 0 aromatic carbocycles. The van der Waals surface area contributed by atoms with Gasteiger partial charge in [0.2, 0.25) is 10.0 Å². The Morgan fingerprint density at radius 2 is 2.00 bits per heavy atom. The highest BCUT2D eigenvalue weighted by molar-refractivity contribution is 7.89. The molecular weight excluding hydrogens is 304 g/mol. The van der Waals surface area contributed by atoms with Gasteiger partial charge in [-0.25, -0.2) is 8.42 Å². The maximum Gasteiger partial charge on any atom is 0.266 e. The van der Waals surface area contributed by atoms with Gasteiger partial charge < -0.3 is 10.1 Å². The van der Waals surface area contributed by atoms with Crippen LogP contribution in [0.15, 0.2) is 22.0 Å². The summed E-state index contributed by atoms with van der Waals surface area (Å²) in [5.41, 5.74) is -0.540. The largest absolute Gasteiger partial charge is 0.395 e. The number of sulfonamides is 1. The van der Waals surface area contributed by atoms with E-state index in [1.807, 2.05) is 13.8 Å². The molecule has 2 N–H and O–H groups in total. The van der Waals surface area contributed by atoms with Crippen LogP contribution in [0.5, 0.6) is 0 Å². The molecule has 1 aromatic rings. The van der Waals surface area contributed by atoms with Crippen molar-refractivity contribution in [2.75, 3.05) is 13.2 Å². The molecule has 20 heavy (non-hydrogen) atoms. The number of H-pyrrole nitrogens is 1. The van der Waals surface area contributed by atoms with Gasteiger partial charge in [-0.2, -0.15) is 4.31 Å². The van der Waals surface area contributed by atoms with Crippen LogP contribution in [0.25, 0.3) is 0 Å². The SMILES string of the molecule is CCC(CC)N(CCO)S(=O)(=O)c1c[nH]c(=O)c(Cl)c1. The monoisotopic (exact) mass is 322 g/mol. The standard InChI is InChI=1S/C12H19ClN2O4S/c1-3-9(4-2)15(5-6-16)20(18,19)10-7-11(13)12(17)14-8-10/h7-9,16H,3-6H2,1-2H3,(H,14,17). The molecule has 0 aliphatic carbocycles. The highest BCUT2D eigenvalue weighted by Crippen LogP contribution is 2.21. The lowest BCUT2D eigenvalue weighted by Gasteiger charge is -2.28. The molecule has 1 heterocycles. The molecular formula is C12H19ClN2O4S. The Kier molecular flexibility index (Phi) is 6.19. The summed E-state index contributed by atoms with van der Waals surface area (Å²) in [4.78, 5) is 13.4. The van der Waals surface area contributed by atoms with Gasteiger partial charge in [0, 0.05) is 18.8 Å². The molecule has 0 aliphatic rings. The lowest BCUT2D eigenvalue weighted by molar-refractivity contribution is 0.219. The van der Waals surface area contributed by atoms with Crippen molar-refractivity contribution in [3.8, 4) is 0 Å². The first kappa shape index (κ1) is 17.2. The second-order valence-electron chi connectivity index (χ2n) is 4.32. The molecule has 0 aliphatic heterocycles. The van der Waals surface area contributed by atoms with Gasteiger partial charge in [-0.3, -0.25) is 4.79 Å². The van der Waals surface area contributed by atoms with E-state index in [-0.39, 0.29) is 29.1 Å². The second-order valence-corrected chi connectivity index (χ2v) is 6.62. The number of aliphatic hydroxyl groups is 1. The summed E-state index contributed by atoms with van der Waals surface area (Å²) in [6, 6.07) is 0.917. The fourth-order valence-electron chi connectivity index (χ4n) is 2.02. The Labute approximate surface area is 123 Å². The van der Waals surface area contributed by atoms with Crippen LogP contribution in [-0.2, 0) is 10.0 Å². The third-order valence-electron chi connectivity index (χ3n) is 3.11. The molecule has 1 aromatic heterocycles. The second kappa shape index (κ2) is 7.21. The molecule has 0 saturated carbocycles. The number of hydrogen-bond acceptors (Lipinski definition) is 4. The lowest BCUT2D eigenvalue weighted by atomic mass is 10.2. The number of aromatic amines is 1. The fraction of sp³-hybridized carbons (Fsp3) is 0.583. The minimum Gasteiger partial charge on any atom is -0.395 e. The number of aromatic nitrogens is 1. The zero-order valence-corrected chi connectivity index (χ0v) is 13.0. The topological polar surface area (TPSA) is 90.5 Å². The molecule has 0 unspecified atom stereocenters. The van der Waals surface area contributed by atoms with Gasteiger partial charge in [0.15, 0.2) is 0 Å². The van der Waals surface area contributed by atoms with Crippen LogP contribution in [0.1, 0.15) is 26.7 Å². The Hall–Kier alpha value is -0.890. The van der Waals surface area contributed by atoms with E-state index < -0.39 is 15.6 Å². The van der Waals surface area contributed by atoms with E-state index in [1.165, 1.54) is 4.31 Å². The predicted molar refractivity (Wildman–Crippen MR) is 77.4 cm³/mol. The van der Waals surface area contributed by atoms with Crippen molar-refractivity contribution in [2.45, 2.75) is 37.6 Å². The zero-order valence-electron chi connectivity index (χ0n) is 11.5. The summed E-state index contributed by atoms with van der Waals surface area (Å²) < 4.78 is 26.4. The van der Waals surface area contributed by atoms with Gasteiger partial charge in [-0.05, 0) is 18.9 Å². The van der Waals surface area contributed by atoms with Gasteiger partial charge in [0.05, 0.1) is 11.5 Å². The van der Waals surface area contributed by atoms with Gasteiger partial charge in [-0.15, -0.1) is 0 Å². The fourth-order valence-corrected chi connectivity index (χ4v) is 4.01. The maximum absolute atomic E-state index is 12.6. The third-order valence-corrected chi connectivity index (χ3v) is 5.32. The molecule has 0 amide bonds. The highest BCUT2D eigenvalue weighted by Gasteiger charge is 2.29. The normalized spacial score (nSPS) is 12.3. The van der Waals surface area contributed by atoms with Crippen molar-refractivity contribution in [3.63, 3.8) is 0 Å². The molecule has 0 radical (unpaired) electrons. The number of nitrogens with zero attached hydrogens (tertiary/aromatic N) is 1. The summed E-state index contributed by atoms with van der Waals surface area (Å²) in [7, 11) is -3.81. The van der Waals surface area contributed by atoms with E-state index in [0.717, 1.165) is 12.3 Å². The van der Waals surface area contributed by atoms with E-state index in [2.05, 4.69) is 4.98 Å². The van der Waals surface area contributed by atoms with E-state index in [9.17, 15) is 13.2 Å². The zero-order chi connectivity index (χ0) is 15.3. The summed E-state index contributed by atoms with van der Waals surface area (Å²) in [5, 5.41) is 8.91. The summed E-state index contributed by atoms with van der Waals surface area (Å²) in [6.45, 7) is 3.50. The quantitative estimate of drug-likeness (QED) is 0.789. The number of aliphatic hydroxyl groups excluding tert-OH is 1. The van der Waals surface area contributed by atoms with E-state index in [4.69, 9.17) is 16.7 Å². The minimum absolute atomic E-state index is 0.00538. The van der Waals surface area contributed by atoms with Crippen molar-refractivity contribution in [1.82, 2.24) is 9.29 Å². The smallest absolute Gasteiger partial charge is 0.266 e. The van der Waals surface area contributed by atoms with E-state index >= 15 is 0 Å². The molecule has 0 bridgehead atoms. The predicted octanol–water partition coefficient (Wildman–Crippen LogP) is 1.20. The number of rotatable bonds is 7. The number of hydrogen-bond donors (Lipinski definition) is 2. The van der Waals surface area contributed by atoms with Crippen molar-refractivity contribution in [3.05, 3.63) is 27.6 Å².